The Morgan fingerprint density at radius 1 is 0.571 bits per heavy atom. The van der Waals surface area contributed by atoms with Gasteiger partial charge in [-0.2, -0.15) is 10.2 Å². The molecule has 28 heavy (non-hydrogen) atoms. The number of rotatable bonds is 2. The van der Waals surface area contributed by atoms with Gasteiger partial charge >= 0.3 is 0 Å². The fraction of sp³-hybridized carbons (Fsp3) is 0.476. The van der Waals surface area contributed by atoms with Crippen LogP contribution in [0.2, 0.25) is 0 Å². The summed E-state index contributed by atoms with van der Waals surface area (Å²) >= 11 is 0. The maximum Gasteiger partial charge on any atom is 0.200 e. The number of nitrogens with zero attached hydrogens (tertiary/aromatic N) is 7. The van der Waals surface area contributed by atoms with Gasteiger partial charge in [-0.25, -0.2) is 15.0 Å². The molecule has 3 heterocycles. The number of hydrogen-bond acceptors (Lipinski definition) is 7. The highest BCUT2D eigenvalue weighted by molar-refractivity contribution is 5.57. The van der Waals surface area contributed by atoms with E-state index >= 15 is 0 Å². The van der Waals surface area contributed by atoms with Gasteiger partial charge in [0.25, 0.3) is 0 Å². The second-order valence-electron chi connectivity index (χ2n) is 8.30. The van der Waals surface area contributed by atoms with Gasteiger partial charge in [-0.3, -0.25) is 0 Å². The van der Waals surface area contributed by atoms with Crippen LogP contribution in [0.4, 0.5) is 0 Å². The van der Waals surface area contributed by atoms with Crippen molar-refractivity contribution in [3.8, 4) is 23.0 Å². The average molecular weight is 373 g/mol. The Kier molecular flexibility index (Phi) is 3.92. The zero-order valence-corrected chi connectivity index (χ0v) is 16.6. The first kappa shape index (κ1) is 17.3. The minimum Gasteiger partial charge on any atom is -0.241 e. The van der Waals surface area contributed by atoms with Crippen molar-refractivity contribution in [2.24, 2.45) is 0 Å². The first-order chi connectivity index (χ1) is 13.5. The zero-order chi connectivity index (χ0) is 19.4. The van der Waals surface area contributed by atoms with E-state index in [1.807, 2.05) is 18.2 Å². The molecule has 2 aliphatic carbocycles. The highest BCUT2D eigenvalue weighted by Gasteiger charge is 2.30. The van der Waals surface area contributed by atoms with Crippen molar-refractivity contribution in [1.29, 1.82) is 0 Å². The summed E-state index contributed by atoms with van der Waals surface area (Å²) in [7, 11) is 0. The van der Waals surface area contributed by atoms with Crippen molar-refractivity contribution in [3.05, 3.63) is 41.0 Å². The summed E-state index contributed by atoms with van der Waals surface area (Å²) in [6.07, 6.45) is 2.14. The van der Waals surface area contributed by atoms with Gasteiger partial charge in [-0.1, -0.05) is 33.8 Å². The Bertz CT molecular complexity index is 984. The van der Waals surface area contributed by atoms with E-state index in [2.05, 4.69) is 48.1 Å². The quantitative estimate of drug-likeness (QED) is 0.670. The first-order valence-electron chi connectivity index (χ1n) is 9.98. The predicted octanol–water partition coefficient (Wildman–Crippen LogP) is 4.01. The van der Waals surface area contributed by atoms with E-state index in [1.54, 1.807) is 0 Å². The highest BCUT2D eigenvalue weighted by Crippen LogP contribution is 2.40. The van der Waals surface area contributed by atoms with Crippen LogP contribution in [0.5, 0.6) is 0 Å². The predicted molar refractivity (Wildman–Crippen MR) is 105 cm³/mol. The van der Waals surface area contributed by atoms with Crippen molar-refractivity contribution in [2.75, 3.05) is 0 Å². The summed E-state index contributed by atoms with van der Waals surface area (Å²) in [5.74, 6) is 2.72. The van der Waals surface area contributed by atoms with E-state index in [0.29, 0.717) is 46.7 Å². The summed E-state index contributed by atoms with van der Waals surface area (Å²) < 4.78 is 0. The minimum absolute atomic E-state index is 0.398. The van der Waals surface area contributed by atoms with Crippen molar-refractivity contribution in [1.82, 2.24) is 35.3 Å². The van der Waals surface area contributed by atoms with Crippen LogP contribution in [-0.4, -0.2) is 35.3 Å². The van der Waals surface area contributed by atoms with Crippen molar-refractivity contribution < 1.29 is 0 Å². The summed E-state index contributed by atoms with van der Waals surface area (Å²) in [6.45, 7) is 8.74. The van der Waals surface area contributed by atoms with Gasteiger partial charge in [-0.05, 0) is 25.0 Å². The maximum absolute atomic E-state index is 4.78. The van der Waals surface area contributed by atoms with Gasteiger partial charge in [0.1, 0.15) is 11.4 Å². The Labute approximate surface area is 164 Å². The van der Waals surface area contributed by atoms with E-state index in [1.165, 1.54) is 0 Å². The summed E-state index contributed by atoms with van der Waals surface area (Å²) in [4.78, 5) is 14.3. The number of fused-ring (bicyclic) bond motifs is 2. The average Bonchev–Trinajstić information content (AvgIpc) is 3.16. The maximum atomic E-state index is 4.78. The lowest BCUT2D eigenvalue weighted by molar-refractivity contribution is 0.649. The van der Waals surface area contributed by atoms with E-state index in [9.17, 15) is 0 Å². The van der Waals surface area contributed by atoms with Crippen LogP contribution in [0.3, 0.4) is 0 Å². The lowest BCUT2D eigenvalue weighted by Gasteiger charge is -2.07. The van der Waals surface area contributed by atoms with Gasteiger partial charge in [0.05, 0.1) is 22.8 Å². The van der Waals surface area contributed by atoms with E-state index in [0.717, 1.165) is 35.6 Å². The van der Waals surface area contributed by atoms with Crippen LogP contribution >= 0.6 is 0 Å². The standard InChI is InChI=1S/C21H23N7/c1-10-8-12(3)18-16(10)23-20(27-25-18)14-6-5-7-15(22-14)21-24-17-11(2)9-13(4)19(17)26-28-21/h5-7,10-13H,8-9H2,1-4H3. The van der Waals surface area contributed by atoms with E-state index in [4.69, 9.17) is 15.0 Å². The molecule has 0 aliphatic heterocycles. The molecule has 0 radical (unpaired) electrons. The van der Waals surface area contributed by atoms with Crippen LogP contribution in [0, 0.1) is 0 Å². The third kappa shape index (κ3) is 2.68. The molecule has 0 N–H and O–H groups in total. The molecule has 0 aromatic carbocycles. The highest BCUT2D eigenvalue weighted by atomic mass is 15.2. The van der Waals surface area contributed by atoms with Gasteiger partial charge < -0.3 is 0 Å². The molecular formula is C21H23N7. The summed E-state index contributed by atoms with van der Waals surface area (Å²) in [5.41, 5.74) is 5.49. The van der Waals surface area contributed by atoms with Crippen LogP contribution in [0.1, 0.15) is 87.0 Å². The van der Waals surface area contributed by atoms with Crippen LogP contribution in [0.25, 0.3) is 23.0 Å². The molecule has 7 heteroatoms. The summed E-state index contributed by atoms with van der Waals surface area (Å²) in [6, 6.07) is 5.74. The molecule has 2 aliphatic rings. The Morgan fingerprint density at radius 3 is 1.46 bits per heavy atom. The fourth-order valence-corrected chi connectivity index (χ4v) is 4.53. The number of aromatic nitrogens is 7. The molecule has 3 aromatic rings. The van der Waals surface area contributed by atoms with Crippen molar-refractivity contribution in [3.63, 3.8) is 0 Å². The molecule has 0 spiro atoms. The van der Waals surface area contributed by atoms with Gasteiger partial charge in [0, 0.05) is 23.7 Å². The smallest absolute Gasteiger partial charge is 0.200 e. The second-order valence-corrected chi connectivity index (χ2v) is 8.30. The number of hydrogen-bond donors (Lipinski definition) is 0. The molecule has 0 bridgehead atoms. The molecule has 5 rings (SSSR count). The molecule has 4 atom stereocenters. The Balaban J connectivity index is 1.53. The molecule has 4 unspecified atom stereocenters. The largest absolute Gasteiger partial charge is 0.241 e. The molecule has 3 aromatic heterocycles. The van der Waals surface area contributed by atoms with Crippen molar-refractivity contribution >= 4 is 0 Å². The minimum atomic E-state index is 0.398. The van der Waals surface area contributed by atoms with Crippen LogP contribution in [0.15, 0.2) is 18.2 Å². The zero-order valence-electron chi connectivity index (χ0n) is 16.6. The van der Waals surface area contributed by atoms with Crippen LogP contribution in [-0.2, 0) is 0 Å². The monoisotopic (exact) mass is 373 g/mol. The summed E-state index contributed by atoms with van der Waals surface area (Å²) in [5, 5.41) is 17.6. The molecule has 0 saturated heterocycles. The molecule has 0 saturated carbocycles. The van der Waals surface area contributed by atoms with E-state index < -0.39 is 0 Å². The van der Waals surface area contributed by atoms with Gasteiger partial charge in [0.2, 0.25) is 11.6 Å². The second kappa shape index (κ2) is 6.36. The Morgan fingerprint density at radius 2 is 1.00 bits per heavy atom. The number of pyridine rings is 1. The van der Waals surface area contributed by atoms with Gasteiger partial charge in [0.15, 0.2) is 0 Å². The molecule has 0 fully saturated rings. The topological polar surface area (TPSA) is 90.2 Å². The molecule has 7 nitrogen and oxygen atoms in total. The fourth-order valence-electron chi connectivity index (χ4n) is 4.53. The lowest BCUT2D eigenvalue weighted by atomic mass is 10.1. The van der Waals surface area contributed by atoms with Crippen molar-refractivity contribution in [2.45, 2.75) is 64.2 Å². The lowest BCUT2D eigenvalue weighted by Crippen LogP contribution is -2.05. The molecule has 0 amide bonds. The van der Waals surface area contributed by atoms with Gasteiger partial charge in [-0.15, -0.1) is 10.2 Å². The normalized spacial score (nSPS) is 25.6. The molecular weight excluding hydrogens is 350 g/mol. The third-order valence-corrected chi connectivity index (χ3v) is 5.97. The Hall–Kier alpha value is -2.83. The third-order valence-electron chi connectivity index (χ3n) is 5.97. The molecule has 142 valence electrons. The van der Waals surface area contributed by atoms with Crippen LogP contribution < -0.4 is 0 Å². The van der Waals surface area contributed by atoms with E-state index in [-0.39, 0.29) is 0 Å². The first-order valence-corrected chi connectivity index (χ1v) is 9.98. The SMILES string of the molecule is CC1CC(C)c2nc(-c3cccc(-c4nnc5c(n4)C(C)CC5C)n3)nnc21.